The fourth-order valence-electron chi connectivity index (χ4n) is 6.57. The zero-order valence-electron chi connectivity index (χ0n) is 32.9. The molecule has 0 amide bonds. The van der Waals surface area contributed by atoms with E-state index < -0.39 is 89.1 Å². The third-order valence-corrected chi connectivity index (χ3v) is 11.9. The standard InChI is InChI=1S/C20H22N8O14P2.2C6H15N/c29-11-13-7(39-19(11)27-5-25-9-15(27)21-3-23-17(9)31)1-37-43(33,34)42-14-8(2-38-44(35,36)41-13)40-20(12(14)30)28-6-26-10-16(28)22-4-24-18(10)32;2*1-4-7(5-2)6-3/h3-8,11-14,19-20,29-30H,1-2H2,(H,33,34)(H,35,36)(H,21,23,31)(H,22,24,32);2*4-6H2,1-3H3/t7-,8-,11-,12-,13-,14-,19-,20-;;/m1../s1. The number of nitrogens with one attached hydrogen (secondary N) is 2. The number of phosphoric ester groups is 2. The van der Waals surface area contributed by atoms with Gasteiger partial charge in [-0.3, -0.25) is 36.8 Å². The highest BCUT2D eigenvalue weighted by Gasteiger charge is 2.54. The van der Waals surface area contributed by atoms with Crippen LogP contribution in [-0.2, 0) is 36.7 Å². The van der Waals surface area contributed by atoms with Crippen LogP contribution < -0.4 is 11.1 Å². The van der Waals surface area contributed by atoms with Crippen molar-refractivity contribution in [3.8, 4) is 0 Å². The first-order valence-electron chi connectivity index (χ1n) is 18.9. The Morgan fingerprint density at radius 3 is 1.31 bits per heavy atom. The van der Waals surface area contributed by atoms with E-state index in [9.17, 15) is 38.7 Å². The Kier molecular flexibility index (Phi) is 15.6. The van der Waals surface area contributed by atoms with Gasteiger partial charge in [-0.25, -0.2) is 29.1 Å². The number of ether oxygens (including phenoxy) is 2. The summed E-state index contributed by atoms with van der Waals surface area (Å²) in [6, 6.07) is 0. The molecular weight excluding hydrogens is 810 g/mol. The van der Waals surface area contributed by atoms with E-state index in [1.54, 1.807) is 0 Å². The molecule has 7 heterocycles. The minimum Gasteiger partial charge on any atom is -0.386 e. The summed E-state index contributed by atoms with van der Waals surface area (Å²) in [5.74, 6) is 0. The maximum Gasteiger partial charge on any atom is 0.472 e. The molecule has 3 fully saturated rings. The monoisotopic (exact) mass is 862 g/mol. The van der Waals surface area contributed by atoms with Crippen molar-refractivity contribution in [3.05, 3.63) is 46.0 Å². The molecule has 0 radical (unpaired) electrons. The molecular formula is C32H52N10O14P2. The van der Waals surface area contributed by atoms with Crippen molar-refractivity contribution in [3.63, 3.8) is 0 Å². The van der Waals surface area contributed by atoms with Crippen LogP contribution in [0.4, 0.5) is 0 Å². The molecule has 7 rings (SSSR count). The Bertz CT molecular complexity index is 2000. The van der Waals surface area contributed by atoms with Gasteiger partial charge >= 0.3 is 15.6 Å². The van der Waals surface area contributed by atoms with Gasteiger partial charge in [0.1, 0.15) is 36.6 Å². The first kappa shape index (κ1) is 45.8. The molecule has 6 N–H and O–H groups in total. The van der Waals surface area contributed by atoms with Gasteiger partial charge in [-0.05, 0) is 39.3 Å². The average molecular weight is 863 g/mol. The predicted octanol–water partition coefficient (Wildman–Crippen LogP) is 0.484. The van der Waals surface area contributed by atoms with Crippen LogP contribution in [0, 0.1) is 0 Å². The number of aromatic nitrogens is 8. The van der Waals surface area contributed by atoms with Crippen LogP contribution in [0.25, 0.3) is 22.3 Å². The maximum atomic E-state index is 13.0. The van der Waals surface area contributed by atoms with Gasteiger partial charge in [0.05, 0.1) is 38.5 Å². The number of H-pyrrole nitrogens is 2. The number of fused-ring (bicyclic) bond motifs is 4. The number of hydrogen-bond donors (Lipinski definition) is 6. The number of imidazole rings is 2. The predicted molar refractivity (Wildman–Crippen MR) is 204 cm³/mol. The minimum absolute atomic E-state index is 0.00498. The van der Waals surface area contributed by atoms with E-state index in [1.807, 2.05) is 0 Å². The highest BCUT2D eigenvalue weighted by molar-refractivity contribution is 7.47. The van der Waals surface area contributed by atoms with Crippen LogP contribution >= 0.6 is 15.6 Å². The summed E-state index contributed by atoms with van der Waals surface area (Å²) in [6.07, 6.45) is -8.16. The number of aromatic amines is 2. The van der Waals surface area contributed by atoms with Gasteiger partial charge in [0.2, 0.25) is 0 Å². The Balaban J connectivity index is 0.000000393. The van der Waals surface area contributed by atoms with Crippen molar-refractivity contribution in [1.29, 1.82) is 0 Å². The average Bonchev–Trinajstić information content (AvgIpc) is 3.97. The second kappa shape index (κ2) is 19.8. The van der Waals surface area contributed by atoms with Crippen molar-refractivity contribution in [2.24, 2.45) is 0 Å². The molecule has 0 bridgehead atoms. The van der Waals surface area contributed by atoms with Gasteiger partial charge in [-0.1, -0.05) is 41.5 Å². The second-order valence-electron chi connectivity index (χ2n) is 13.1. The van der Waals surface area contributed by atoms with Gasteiger partial charge in [0.15, 0.2) is 34.8 Å². The van der Waals surface area contributed by atoms with Crippen LogP contribution in [-0.4, -0.2) is 158 Å². The Morgan fingerprint density at radius 1 is 0.655 bits per heavy atom. The molecule has 0 aliphatic carbocycles. The van der Waals surface area contributed by atoms with Gasteiger partial charge in [0.25, 0.3) is 11.1 Å². The maximum absolute atomic E-state index is 13.0. The lowest BCUT2D eigenvalue weighted by atomic mass is 10.1. The molecule has 58 heavy (non-hydrogen) atoms. The lowest BCUT2D eigenvalue weighted by Crippen LogP contribution is -2.39. The molecule has 0 spiro atoms. The van der Waals surface area contributed by atoms with Crippen LogP contribution in [0.2, 0.25) is 0 Å². The van der Waals surface area contributed by atoms with Crippen LogP contribution in [0.3, 0.4) is 0 Å². The Hall–Kier alpha value is -3.32. The smallest absolute Gasteiger partial charge is 0.386 e. The number of nitrogens with zero attached hydrogens (tertiary/aromatic N) is 8. The van der Waals surface area contributed by atoms with Gasteiger partial charge in [-0.2, -0.15) is 0 Å². The highest BCUT2D eigenvalue weighted by Crippen LogP contribution is 2.53. The Labute approximate surface area is 332 Å². The zero-order valence-corrected chi connectivity index (χ0v) is 34.7. The quantitative estimate of drug-likeness (QED) is 0.131. The first-order valence-corrected chi connectivity index (χ1v) is 21.8. The van der Waals surface area contributed by atoms with Crippen molar-refractivity contribution >= 4 is 38.0 Å². The summed E-state index contributed by atoms with van der Waals surface area (Å²) in [6.45, 7) is 18.6. The lowest BCUT2D eigenvalue weighted by molar-refractivity contribution is -0.0664. The van der Waals surface area contributed by atoms with E-state index in [0.717, 1.165) is 25.3 Å². The SMILES string of the molecule is CCN(CC)CC.CCN(CC)CC.O=c1[nH]cnc2c1ncn2[C@@H]1O[C@@H]2COP(=O)(O)O[C@H]3[C@@H](O)[C@H](n4cnc5c(=O)[nH]cnc54)O[C@@H]3COP(=O)(O)O[C@H]2[C@H]1O. The topological polar surface area (TPSA) is 304 Å². The molecule has 0 aromatic carbocycles. The van der Waals surface area contributed by atoms with E-state index in [1.165, 1.54) is 48.4 Å². The van der Waals surface area contributed by atoms with Crippen LogP contribution in [0.5, 0.6) is 0 Å². The minimum atomic E-state index is -5.05. The van der Waals surface area contributed by atoms with Crippen molar-refractivity contribution in [2.45, 2.75) is 90.6 Å². The van der Waals surface area contributed by atoms with Crippen LogP contribution in [0.15, 0.2) is 34.9 Å². The van der Waals surface area contributed by atoms with Gasteiger partial charge < -0.3 is 49.2 Å². The molecule has 10 atom stereocenters. The van der Waals surface area contributed by atoms with Crippen molar-refractivity contribution < 1.29 is 56.7 Å². The Morgan fingerprint density at radius 2 is 1.00 bits per heavy atom. The van der Waals surface area contributed by atoms with Gasteiger partial charge in [0, 0.05) is 0 Å². The summed E-state index contributed by atoms with van der Waals surface area (Å²) in [5, 5.41) is 22.1. The van der Waals surface area contributed by atoms with E-state index >= 15 is 0 Å². The molecule has 4 aromatic heterocycles. The molecule has 26 heteroatoms. The largest absolute Gasteiger partial charge is 0.472 e. The summed E-state index contributed by atoms with van der Waals surface area (Å²) >= 11 is 0. The molecule has 4 aromatic rings. The lowest BCUT2D eigenvalue weighted by Gasteiger charge is -2.27. The molecule has 3 saturated heterocycles. The molecule has 3 aliphatic rings. The number of phosphoric acid groups is 2. The van der Waals surface area contributed by atoms with Gasteiger partial charge in [-0.15, -0.1) is 0 Å². The highest BCUT2D eigenvalue weighted by atomic mass is 31.2. The van der Waals surface area contributed by atoms with E-state index in [4.69, 9.17) is 27.6 Å². The van der Waals surface area contributed by atoms with E-state index in [2.05, 4.69) is 81.2 Å². The van der Waals surface area contributed by atoms with E-state index in [0.29, 0.717) is 0 Å². The number of hydrogen-bond acceptors (Lipinski definition) is 18. The van der Waals surface area contributed by atoms with E-state index in [-0.39, 0.29) is 22.3 Å². The number of rotatable bonds is 8. The second-order valence-corrected chi connectivity index (χ2v) is 15.9. The summed E-state index contributed by atoms with van der Waals surface area (Å²) in [5.41, 5.74) is -1.36. The fraction of sp³-hybridized carbons (Fsp3) is 0.688. The first-order chi connectivity index (χ1) is 27.6. The zero-order chi connectivity index (χ0) is 42.4. The number of aliphatic hydroxyl groups excluding tert-OH is 2. The normalized spacial score (nSPS) is 31.5. The summed E-state index contributed by atoms with van der Waals surface area (Å²) in [7, 11) is -10.1. The molecule has 324 valence electrons. The fourth-order valence-corrected chi connectivity index (χ4v) is 8.50. The third-order valence-electron chi connectivity index (χ3n) is 9.89. The van der Waals surface area contributed by atoms with Crippen LogP contribution in [0.1, 0.15) is 54.0 Å². The molecule has 24 nitrogen and oxygen atoms in total. The summed E-state index contributed by atoms with van der Waals surface area (Å²) < 4.78 is 60.6. The molecule has 3 aliphatic heterocycles. The van der Waals surface area contributed by atoms with Crippen molar-refractivity contribution in [1.82, 2.24) is 48.8 Å². The van der Waals surface area contributed by atoms with Crippen molar-refractivity contribution in [2.75, 3.05) is 52.5 Å². The number of aliphatic hydroxyl groups is 2. The third kappa shape index (κ3) is 10.3. The molecule has 2 unspecified atom stereocenters. The molecule has 0 saturated carbocycles. The summed E-state index contributed by atoms with van der Waals surface area (Å²) in [4.78, 5) is 70.6.